The lowest BCUT2D eigenvalue weighted by Crippen LogP contribution is -2.40. The third-order valence-electron chi connectivity index (χ3n) is 1.63. The molecule has 0 aromatic carbocycles. The van der Waals surface area contributed by atoms with Gasteiger partial charge in [-0.25, -0.2) is 0 Å². The van der Waals surface area contributed by atoms with E-state index in [1.165, 1.54) is 0 Å². The lowest BCUT2D eigenvalue weighted by molar-refractivity contribution is -0.189. The summed E-state index contributed by atoms with van der Waals surface area (Å²) in [6.45, 7) is 0. The highest BCUT2D eigenvalue weighted by molar-refractivity contribution is 5.85. The van der Waals surface area contributed by atoms with Gasteiger partial charge in [-0.2, -0.15) is 0 Å². The summed E-state index contributed by atoms with van der Waals surface area (Å²) in [5, 5.41) is 17.7. The summed E-state index contributed by atoms with van der Waals surface area (Å²) in [7, 11) is 0. The molecule has 0 bridgehead atoms. The van der Waals surface area contributed by atoms with Gasteiger partial charge >= 0.3 is 0 Å². The minimum absolute atomic E-state index is 0.200. The van der Waals surface area contributed by atoms with Crippen molar-refractivity contribution >= 4 is 5.78 Å². The van der Waals surface area contributed by atoms with E-state index in [0.717, 1.165) is 12.8 Å². The average Bonchev–Trinajstić information content (AvgIpc) is 1.77. The summed E-state index contributed by atoms with van der Waals surface area (Å²) in [5.41, 5.74) is 0. The monoisotopic (exact) mass is 130 g/mol. The third-order valence-corrected chi connectivity index (χ3v) is 1.63. The Morgan fingerprint density at radius 3 is 2.33 bits per heavy atom. The molecule has 3 heteroatoms. The van der Waals surface area contributed by atoms with Gasteiger partial charge < -0.3 is 10.2 Å². The molecule has 1 aliphatic rings. The van der Waals surface area contributed by atoms with Gasteiger partial charge in [0.2, 0.25) is 5.79 Å². The standard InChI is InChI=1S/C6H10O3/c7-5-3-1-2-4-6(5,8)9/h8-9H,1-4H2. The molecular weight excluding hydrogens is 120 g/mol. The summed E-state index contributed by atoms with van der Waals surface area (Å²) < 4.78 is 0. The highest BCUT2D eigenvalue weighted by Crippen LogP contribution is 2.21. The fourth-order valence-corrected chi connectivity index (χ4v) is 0.997. The molecule has 0 aromatic heterocycles. The molecule has 1 fully saturated rings. The Kier molecular flexibility index (Phi) is 1.55. The molecule has 9 heavy (non-hydrogen) atoms. The van der Waals surface area contributed by atoms with Crippen LogP contribution in [0.3, 0.4) is 0 Å². The van der Waals surface area contributed by atoms with Crippen LogP contribution in [0.2, 0.25) is 0 Å². The molecule has 0 radical (unpaired) electrons. The minimum Gasteiger partial charge on any atom is -0.360 e. The van der Waals surface area contributed by atoms with Crippen molar-refractivity contribution in [3.8, 4) is 0 Å². The van der Waals surface area contributed by atoms with Gasteiger partial charge in [0.15, 0.2) is 5.78 Å². The van der Waals surface area contributed by atoms with Crippen LogP contribution in [0.25, 0.3) is 0 Å². The number of hydrogen-bond acceptors (Lipinski definition) is 3. The van der Waals surface area contributed by atoms with Crippen LogP contribution >= 0.6 is 0 Å². The second-order valence-corrected chi connectivity index (χ2v) is 2.45. The first-order chi connectivity index (χ1) is 4.13. The highest BCUT2D eigenvalue weighted by atomic mass is 16.5. The number of Topliss-reactive ketones (excluding diaryl/α,β-unsaturated/α-hetero) is 1. The summed E-state index contributed by atoms with van der Waals surface area (Å²) in [6, 6.07) is 0. The first-order valence-electron chi connectivity index (χ1n) is 3.11. The second-order valence-electron chi connectivity index (χ2n) is 2.45. The molecule has 0 atom stereocenters. The van der Waals surface area contributed by atoms with Crippen molar-refractivity contribution in [2.75, 3.05) is 0 Å². The highest BCUT2D eigenvalue weighted by Gasteiger charge is 2.34. The van der Waals surface area contributed by atoms with Crippen molar-refractivity contribution in [1.82, 2.24) is 0 Å². The van der Waals surface area contributed by atoms with Crippen LogP contribution in [0.1, 0.15) is 25.7 Å². The molecule has 0 amide bonds. The summed E-state index contributed by atoms with van der Waals surface area (Å²) in [4.78, 5) is 10.6. The van der Waals surface area contributed by atoms with Crippen LogP contribution in [0.15, 0.2) is 0 Å². The molecular formula is C6H10O3. The van der Waals surface area contributed by atoms with E-state index in [9.17, 15) is 4.79 Å². The largest absolute Gasteiger partial charge is 0.360 e. The normalized spacial score (nSPS) is 26.2. The number of aliphatic hydroxyl groups is 2. The predicted molar refractivity (Wildman–Crippen MR) is 30.6 cm³/mol. The summed E-state index contributed by atoms with van der Waals surface area (Å²) in [5.74, 6) is -2.44. The van der Waals surface area contributed by atoms with E-state index in [1.54, 1.807) is 0 Å². The Morgan fingerprint density at radius 1 is 1.33 bits per heavy atom. The van der Waals surface area contributed by atoms with Gasteiger partial charge in [0, 0.05) is 12.8 Å². The Balaban J connectivity index is 2.60. The van der Waals surface area contributed by atoms with Gasteiger partial charge in [-0.3, -0.25) is 4.79 Å². The maximum atomic E-state index is 10.6. The van der Waals surface area contributed by atoms with Gasteiger partial charge in [-0.05, 0) is 12.8 Å². The molecule has 2 N–H and O–H groups in total. The van der Waals surface area contributed by atoms with Gasteiger partial charge in [0.05, 0.1) is 0 Å². The van der Waals surface area contributed by atoms with Crippen LogP contribution < -0.4 is 0 Å². The lowest BCUT2D eigenvalue weighted by Gasteiger charge is -2.23. The number of rotatable bonds is 0. The Hall–Kier alpha value is -0.410. The number of hydrogen-bond donors (Lipinski definition) is 2. The van der Waals surface area contributed by atoms with Gasteiger partial charge in [-0.1, -0.05) is 0 Å². The lowest BCUT2D eigenvalue weighted by atomic mass is 9.93. The molecule has 1 rings (SSSR count). The Bertz CT molecular complexity index is 128. The van der Waals surface area contributed by atoms with Crippen LogP contribution in [-0.2, 0) is 4.79 Å². The molecule has 1 saturated carbocycles. The van der Waals surface area contributed by atoms with Gasteiger partial charge in [-0.15, -0.1) is 0 Å². The van der Waals surface area contributed by atoms with E-state index >= 15 is 0 Å². The minimum atomic E-state index is -2.00. The van der Waals surface area contributed by atoms with Crippen molar-refractivity contribution in [2.24, 2.45) is 0 Å². The summed E-state index contributed by atoms with van der Waals surface area (Å²) >= 11 is 0. The van der Waals surface area contributed by atoms with Crippen LogP contribution in [0.4, 0.5) is 0 Å². The number of carbonyl (C=O) groups is 1. The van der Waals surface area contributed by atoms with Crippen LogP contribution in [-0.4, -0.2) is 21.8 Å². The zero-order valence-electron chi connectivity index (χ0n) is 5.13. The molecule has 0 unspecified atom stereocenters. The van der Waals surface area contributed by atoms with Crippen molar-refractivity contribution in [3.63, 3.8) is 0 Å². The number of carbonyl (C=O) groups excluding carboxylic acids is 1. The third kappa shape index (κ3) is 1.28. The summed E-state index contributed by atoms with van der Waals surface area (Å²) in [6.07, 6.45) is 2.04. The Labute approximate surface area is 53.3 Å². The SMILES string of the molecule is O=C1CCCCC1(O)O. The van der Waals surface area contributed by atoms with E-state index in [1.807, 2.05) is 0 Å². The second kappa shape index (κ2) is 2.08. The first-order valence-corrected chi connectivity index (χ1v) is 3.11. The molecule has 0 heterocycles. The number of ketones is 1. The zero-order valence-corrected chi connectivity index (χ0v) is 5.13. The molecule has 0 aliphatic heterocycles. The topological polar surface area (TPSA) is 57.5 Å². The fourth-order valence-electron chi connectivity index (χ4n) is 0.997. The van der Waals surface area contributed by atoms with E-state index in [0.29, 0.717) is 6.42 Å². The van der Waals surface area contributed by atoms with E-state index < -0.39 is 11.6 Å². The fraction of sp³-hybridized carbons (Fsp3) is 0.833. The molecule has 0 aromatic rings. The first kappa shape index (κ1) is 6.71. The van der Waals surface area contributed by atoms with Crippen molar-refractivity contribution in [2.45, 2.75) is 31.5 Å². The van der Waals surface area contributed by atoms with Crippen molar-refractivity contribution in [1.29, 1.82) is 0 Å². The van der Waals surface area contributed by atoms with E-state index in [4.69, 9.17) is 10.2 Å². The zero-order chi connectivity index (χ0) is 6.91. The molecule has 1 aliphatic carbocycles. The van der Waals surface area contributed by atoms with Crippen molar-refractivity contribution in [3.05, 3.63) is 0 Å². The Morgan fingerprint density at radius 2 is 2.00 bits per heavy atom. The molecule has 3 nitrogen and oxygen atoms in total. The van der Waals surface area contributed by atoms with Crippen molar-refractivity contribution < 1.29 is 15.0 Å². The maximum absolute atomic E-state index is 10.6. The average molecular weight is 130 g/mol. The molecule has 0 saturated heterocycles. The smallest absolute Gasteiger partial charge is 0.223 e. The van der Waals surface area contributed by atoms with Crippen LogP contribution in [0, 0.1) is 0 Å². The molecule has 0 spiro atoms. The van der Waals surface area contributed by atoms with E-state index in [-0.39, 0.29) is 6.42 Å². The predicted octanol–water partition coefficient (Wildman–Crippen LogP) is -0.190. The quantitative estimate of drug-likeness (QED) is 0.447. The van der Waals surface area contributed by atoms with Gasteiger partial charge in [0.1, 0.15) is 0 Å². The molecule has 52 valence electrons. The van der Waals surface area contributed by atoms with Crippen LogP contribution in [0.5, 0.6) is 0 Å². The maximum Gasteiger partial charge on any atom is 0.223 e. The van der Waals surface area contributed by atoms with E-state index in [2.05, 4.69) is 0 Å². The van der Waals surface area contributed by atoms with Gasteiger partial charge in [0.25, 0.3) is 0 Å².